The molecule has 0 spiro atoms. The van der Waals surface area contributed by atoms with E-state index >= 15 is 0 Å². The summed E-state index contributed by atoms with van der Waals surface area (Å²) < 4.78 is 0. The molecular formula is C11H19N3. The van der Waals surface area contributed by atoms with Gasteiger partial charge in [0.15, 0.2) is 0 Å². The summed E-state index contributed by atoms with van der Waals surface area (Å²) in [6.07, 6.45) is 9.32. The van der Waals surface area contributed by atoms with Gasteiger partial charge in [0.25, 0.3) is 0 Å². The molecular weight excluding hydrogens is 174 g/mol. The highest BCUT2D eigenvalue weighted by molar-refractivity contribution is 4.93. The van der Waals surface area contributed by atoms with Crippen molar-refractivity contribution in [1.29, 1.82) is 0 Å². The number of aromatic nitrogens is 2. The number of hydrogen-bond acceptors (Lipinski definition) is 2. The van der Waals surface area contributed by atoms with Crippen LogP contribution in [-0.2, 0) is 0 Å². The van der Waals surface area contributed by atoms with Crippen LogP contribution in [0.4, 0.5) is 0 Å². The van der Waals surface area contributed by atoms with Gasteiger partial charge >= 0.3 is 0 Å². The van der Waals surface area contributed by atoms with E-state index in [-0.39, 0.29) is 0 Å². The van der Waals surface area contributed by atoms with Gasteiger partial charge in [-0.05, 0) is 32.2 Å². The van der Waals surface area contributed by atoms with Gasteiger partial charge < -0.3 is 10.3 Å². The molecule has 0 radical (unpaired) electrons. The average molecular weight is 193 g/mol. The van der Waals surface area contributed by atoms with Crippen LogP contribution >= 0.6 is 0 Å². The molecule has 3 heteroatoms. The number of H-pyrrole nitrogens is 1. The fourth-order valence-corrected chi connectivity index (χ4v) is 2.17. The Bertz CT molecular complexity index is 250. The van der Waals surface area contributed by atoms with Gasteiger partial charge in [-0.15, -0.1) is 0 Å². The topological polar surface area (TPSA) is 40.7 Å². The first kappa shape index (κ1) is 9.71. The quantitative estimate of drug-likeness (QED) is 0.770. The monoisotopic (exact) mass is 193 g/mol. The highest BCUT2D eigenvalue weighted by atomic mass is 15.0. The number of rotatable bonds is 4. The molecule has 14 heavy (non-hydrogen) atoms. The van der Waals surface area contributed by atoms with E-state index in [1.165, 1.54) is 25.7 Å². The lowest BCUT2D eigenvalue weighted by Gasteiger charge is -2.15. The van der Waals surface area contributed by atoms with Crippen molar-refractivity contribution < 1.29 is 0 Å². The second kappa shape index (κ2) is 4.60. The van der Waals surface area contributed by atoms with Gasteiger partial charge in [0, 0.05) is 12.4 Å². The predicted octanol–water partition coefficient (Wildman–Crippen LogP) is 2.25. The van der Waals surface area contributed by atoms with Gasteiger partial charge in [-0.1, -0.05) is 12.8 Å². The van der Waals surface area contributed by atoms with Crippen LogP contribution in [0, 0.1) is 5.92 Å². The van der Waals surface area contributed by atoms with Gasteiger partial charge in [0.05, 0.1) is 6.04 Å². The Morgan fingerprint density at radius 3 is 3.00 bits per heavy atom. The predicted molar refractivity (Wildman–Crippen MR) is 57.0 cm³/mol. The number of aromatic amines is 1. The van der Waals surface area contributed by atoms with Crippen molar-refractivity contribution in [2.45, 2.75) is 38.6 Å². The highest BCUT2D eigenvalue weighted by Gasteiger charge is 2.16. The van der Waals surface area contributed by atoms with Crippen LogP contribution in [-0.4, -0.2) is 16.5 Å². The van der Waals surface area contributed by atoms with E-state index in [2.05, 4.69) is 22.2 Å². The van der Waals surface area contributed by atoms with Crippen molar-refractivity contribution >= 4 is 0 Å². The number of nitrogens with zero attached hydrogens (tertiary/aromatic N) is 1. The minimum absolute atomic E-state index is 0.352. The molecule has 1 saturated carbocycles. The van der Waals surface area contributed by atoms with Gasteiger partial charge in [-0.2, -0.15) is 0 Å². The molecule has 1 aromatic heterocycles. The fourth-order valence-electron chi connectivity index (χ4n) is 2.17. The third-order valence-corrected chi connectivity index (χ3v) is 3.12. The van der Waals surface area contributed by atoms with Crippen molar-refractivity contribution in [2.24, 2.45) is 5.92 Å². The van der Waals surface area contributed by atoms with Gasteiger partial charge in [-0.3, -0.25) is 0 Å². The van der Waals surface area contributed by atoms with Crippen molar-refractivity contribution in [3.63, 3.8) is 0 Å². The summed E-state index contributed by atoms with van der Waals surface area (Å²) >= 11 is 0. The molecule has 1 heterocycles. The molecule has 1 aliphatic rings. The zero-order chi connectivity index (χ0) is 9.80. The largest absolute Gasteiger partial charge is 0.347 e. The Balaban J connectivity index is 1.74. The van der Waals surface area contributed by atoms with Crippen molar-refractivity contribution in [3.8, 4) is 0 Å². The zero-order valence-electron chi connectivity index (χ0n) is 8.79. The molecule has 2 N–H and O–H groups in total. The second-order valence-electron chi connectivity index (χ2n) is 4.25. The number of hydrogen-bond donors (Lipinski definition) is 2. The Kier molecular flexibility index (Phi) is 3.19. The third kappa shape index (κ3) is 2.35. The van der Waals surface area contributed by atoms with Crippen LogP contribution in [0.25, 0.3) is 0 Å². The minimum Gasteiger partial charge on any atom is -0.347 e. The molecule has 1 atom stereocenters. The lowest BCUT2D eigenvalue weighted by atomic mass is 10.1. The number of imidazole rings is 1. The first-order valence-corrected chi connectivity index (χ1v) is 5.59. The molecule has 0 aromatic carbocycles. The zero-order valence-corrected chi connectivity index (χ0v) is 8.79. The van der Waals surface area contributed by atoms with Crippen LogP contribution < -0.4 is 5.32 Å². The van der Waals surface area contributed by atoms with Crippen molar-refractivity contribution in [1.82, 2.24) is 15.3 Å². The fraction of sp³-hybridized carbons (Fsp3) is 0.727. The molecule has 1 fully saturated rings. The van der Waals surface area contributed by atoms with Crippen molar-refractivity contribution in [3.05, 3.63) is 18.2 Å². The summed E-state index contributed by atoms with van der Waals surface area (Å²) in [5.74, 6) is 1.94. The second-order valence-corrected chi connectivity index (χ2v) is 4.25. The van der Waals surface area contributed by atoms with E-state index in [0.717, 1.165) is 18.3 Å². The van der Waals surface area contributed by atoms with Crippen LogP contribution in [0.5, 0.6) is 0 Å². The summed E-state index contributed by atoms with van der Waals surface area (Å²) in [6, 6.07) is 0.352. The van der Waals surface area contributed by atoms with Crippen LogP contribution in [0.1, 0.15) is 44.5 Å². The normalized spacial score (nSPS) is 20.1. The molecule has 1 aromatic rings. The molecule has 0 bridgehead atoms. The van der Waals surface area contributed by atoms with E-state index in [9.17, 15) is 0 Å². The van der Waals surface area contributed by atoms with E-state index in [4.69, 9.17) is 0 Å². The van der Waals surface area contributed by atoms with E-state index in [1.807, 2.05) is 12.4 Å². The maximum absolute atomic E-state index is 4.24. The first-order chi connectivity index (χ1) is 6.86. The molecule has 1 unspecified atom stereocenters. The smallest absolute Gasteiger partial charge is 0.122 e. The molecule has 3 nitrogen and oxygen atoms in total. The Morgan fingerprint density at radius 1 is 1.57 bits per heavy atom. The average Bonchev–Trinajstić information content (AvgIpc) is 2.87. The van der Waals surface area contributed by atoms with E-state index in [0.29, 0.717) is 6.04 Å². The minimum atomic E-state index is 0.352. The third-order valence-electron chi connectivity index (χ3n) is 3.12. The number of nitrogens with one attached hydrogen (secondary N) is 2. The molecule has 0 amide bonds. The van der Waals surface area contributed by atoms with Crippen LogP contribution in [0.15, 0.2) is 12.4 Å². The molecule has 0 saturated heterocycles. The maximum Gasteiger partial charge on any atom is 0.122 e. The summed E-state index contributed by atoms with van der Waals surface area (Å²) in [5.41, 5.74) is 0. The highest BCUT2D eigenvalue weighted by Crippen LogP contribution is 2.24. The standard InChI is InChI=1S/C11H19N3/c1-9(11-12-6-7-13-11)14-8-10-4-2-3-5-10/h6-7,9-10,14H,2-5,8H2,1H3,(H,12,13). The summed E-state index contributed by atoms with van der Waals surface area (Å²) in [6.45, 7) is 3.30. The Labute approximate surface area is 85.3 Å². The first-order valence-electron chi connectivity index (χ1n) is 5.59. The summed E-state index contributed by atoms with van der Waals surface area (Å²) in [7, 11) is 0. The Morgan fingerprint density at radius 2 is 2.36 bits per heavy atom. The van der Waals surface area contributed by atoms with Gasteiger partial charge in [-0.25, -0.2) is 4.98 Å². The summed E-state index contributed by atoms with van der Waals surface area (Å²) in [4.78, 5) is 7.38. The molecule has 1 aliphatic carbocycles. The molecule has 78 valence electrons. The van der Waals surface area contributed by atoms with Gasteiger partial charge in [0.1, 0.15) is 5.82 Å². The molecule has 2 rings (SSSR count). The van der Waals surface area contributed by atoms with E-state index in [1.54, 1.807) is 0 Å². The molecule has 0 aliphatic heterocycles. The van der Waals surface area contributed by atoms with Gasteiger partial charge in [0.2, 0.25) is 0 Å². The SMILES string of the molecule is CC(NCC1CCCC1)c1ncc[nH]1. The maximum atomic E-state index is 4.24. The Hall–Kier alpha value is -0.830. The summed E-state index contributed by atoms with van der Waals surface area (Å²) in [5, 5.41) is 3.53. The van der Waals surface area contributed by atoms with E-state index < -0.39 is 0 Å². The lowest BCUT2D eigenvalue weighted by molar-refractivity contribution is 0.444. The van der Waals surface area contributed by atoms with Crippen molar-refractivity contribution in [2.75, 3.05) is 6.54 Å². The lowest BCUT2D eigenvalue weighted by Crippen LogP contribution is -2.25. The van der Waals surface area contributed by atoms with Crippen LogP contribution in [0.2, 0.25) is 0 Å². The van der Waals surface area contributed by atoms with Crippen LogP contribution in [0.3, 0.4) is 0 Å².